The van der Waals surface area contributed by atoms with Crippen molar-refractivity contribution in [2.75, 3.05) is 6.61 Å². The van der Waals surface area contributed by atoms with Gasteiger partial charge in [-0.25, -0.2) is 22.9 Å². The molecule has 21 heteroatoms. The Morgan fingerprint density at radius 2 is 1.67 bits per heavy atom. The number of nitrogens with zero attached hydrogens (tertiary/aromatic N) is 3. The Labute approximate surface area is 241 Å². The number of rotatable bonds is 11. The molecule has 2 aromatic heterocycles. The lowest BCUT2D eigenvalue weighted by Gasteiger charge is -2.20. The van der Waals surface area contributed by atoms with Crippen LogP contribution in [0.15, 0.2) is 64.4 Å². The van der Waals surface area contributed by atoms with Crippen molar-refractivity contribution in [2.45, 2.75) is 31.9 Å². The van der Waals surface area contributed by atoms with E-state index in [1.165, 1.54) is 19.2 Å². The van der Waals surface area contributed by atoms with Crippen LogP contribution in [0.4, 0.5) is 4.39 Å². The van der Waals surface area contributed by atoms with E-state index in [0.717, 1.165) is 16.8 Å². The van der Waals surface area contributed by atoms with E-state index in [1.54, 1.807) is 30.3 Å². The molecule has 5 N–H and O–H groups in total. The summed E-state index contributed by atoms with van der Waals surface area (Å²) in [6.45, 7) is -0.0435. The van der Waals surface area contributed by atoms with E-state index in [1.807, 2.05) is 0 Å². The normalized spacial score (nSPS) is 23.5. The van der Waals surface area contributed by atoms with Crippen molar-refractivity contribution in [1.82, 2.24) is 14.1 Å². The van der Waals surface area contributed by atoms with Crippen LogP contribution in [0.3, 0.4) is 0 Å². The van der Waals surface area contributed by atoms with E-state index in [0.29, 0.717) is 10.1 Å². The van der Waals surface area contributed by atoms with Gasteiger partial charge in [0, 0.05) is 29.9 Å². The van der Waals surface area contributed by atoms with Gasteiger partial charge in [0.1, 0.15) is 6.10 Å². The van der Waals surface area contributed by atoms with Crippen molar-refractivity contribution in [3.05, 3.63) is 87.2 Å². The van der Waals surface area contributed by atoms with Crippen LogP contribution in [0, 0.1) is 11.7 Å². The Kier molecular flexibility index (Phi) is 9.83. The zero-order valence-corrected chi connectivity index (χ0v) is 24.6. The number of phosphoric acid groups is 3. The van der Waals surface area contributed by atoms with Crippen molar-refractivity contribution in [2.24, 2.45) is 5.92 Å². The predicted molar refractivity (Wildman–Crippen MR) is 143 cm³/mol. The van der Waals surface area contributed by atoms with Crippen LogP contribution in [0.1, 0.15) is 18.8 Å². The molecule has 4 unspecified atom stereocenters. The fourth-order valence-corrected chi connectivity index (χ4v) is 7.24. The smallest absolute Gasteiger partial charge is 0.388 e. The number of hydrogen-bond acceptors (Lipinski definition) is 11. The lowest BCUT2D eigenvalue weighted by atomic mass is 10.0. The number of aliphatic hydroxyl groups excluding tert-OH is 1. The maximum atomic E-state index is 15.3. The number of pyridine rings is 1. The zero-order valence-electron chi connectivity index (χ0n) is 21.9. The summed E-state index contributed by atoms with van der Waals surface area (Å²) >= 11 is 0. The summed E-state index contributed by atoms with van der Waals surface area (Å²) in [4.78, 5) is 66.1. The molecule has 4 rings (SSSR count). The Morgan fingerprint density at radius 3 is 2.33 bits per heavy atom. The van der Waals surface area contributed by atoms with Crippen molar-refractivity contribution in [1.29, 1.82) is 0 Å². The molecule has 0 spiro atoms. The molecule has 17 nitrogen and oxygen atoms in total. The number of phosphoric ester groups is 1. The van der Waals surface area contributed by atoms with Crippen molar-refractivity contribution in [3.63, 3.8) is 0 Å². The molecular formula is C22H25FN3O14P3. The van der Waals surface area contributed by atoms with E-state index in [2.05, 4.69) is 18.1 Å². The van der Waals surface area contributed by atoms with Crippen LogP contribution in [0.2, 0.25) is 0 Å². The van der Waals surface area contributed by atoms with Gasteiger partial charge in [0.25, 0.3) is 5.56 Å². The molecule has 0 amide bonds. The standard InChI is InChI=1S/C22H25FN3O14P3/c1-13-17(12-37-42(33,34)40-43(35,36)39-41(30,31)32)38-21(20(13)28)25-10-8-18(27)26(22(25)29)11-16-19(23)15(7-9-24-16)14-5-3-2-4-6-14/h2-10,13,17,20-21,28H,11-12H2,1H3,(H,33,34)(H,35,36)(H2,30,31,32)/t13?,17-,20?,21-/m1/s1. The van der Waals surface area contributed by atoms with Gasteiger partial charge in [-0.1, -0.05) is 37.3 Å². The first-order valence-corrected chi connectivity index (χ1v) is 16.6. The highest BCUT2D eigenvalue weighted by molar-refractivity contribution is 7.66. The molecule has 0 aliphatic carbocycles. The van der Waals surface area contributed by atoms with E-state index in [9.17, 15) is 38.2 Å². The largest absolute Gasteiger partial charge is 0.490 e. The topological polar surface area (TPSA) is 246 Å². The fraction of sp³-hybridized carbons (Fsp3) is 0.318. The molecule has 43 heavy (non-hydrogen) atoms. The number of halogens is 1. The van der Waals surface area contributed by atoms with Crippen LogP contribution in [-0.4, -0.2) is 57.6 Å². The fourth-order valence-electron chi connectivity index (χ4n) is 4.21. The molecule has 1 aliphatic heterocycles. The summed E-state index contributed by atoms with van der Waals surface area (Å²) in [6, 6.07) is 10.9. The van der Waals surface area contributed by atoms with Crippen LogP contribution < -0.4 is 11.2 Å². The minimum absolute atomic E-state index is 0.192. The highest BCUT2D eigenvalue weighted by Gasteiger charge is 2.45. The second kappa shape index (κ2) is 12.7. The van der Waals surface area contributed by atoms with Crippen LogP contribution >= 0.6 is 23.5 Å². The first-order chi connectivity index (χ1) is 20.0. The molecule has 1 fully saturated rings. The van der Waals surface area contributed by atoms with Crippen molar-refractivity contribution < 1.29 is 60.6 Å². The highest BCUT2D eigenvalue weighted by Crippen LogP contribution is 2.66. The number of aliphatic hydroxyl groups is 1. The van der Waals surface area contributed by atoms with Gasteiger partial charge in [-0.3, -0.25) is 23.4 Å². The molecule has 0 radical (unpaired) electrons. The second-order valence-corrected chi connectivity index (χ2v) is 13.6. The van der Waals surface area contributed by atoms with Gasteiger partial charge in [-0.2, -0.15) is 8.62 Å². The van der Waals surface area contributed by atoms with Gasteiger partial charge in [0.05, 0.1) is 24.9 Å². The van der Waals surface area contributed by atoms with E-state index >= 15 is 4.39 Å². The zero-order chi connectivity index (χ0) is 31.7. The van der Waals surface area contributed by atoms with Crippen LogP contribution in [0.25, 0.3) is 11.1 Å². The van der Waals surface area contributed by atoms with Gasteiger partial charge in [-0.15, -0.1) is 0 Å². The SMILES string of the molecule is CC1C(O)[C@H](n2ccc(=O)n(Cc3nccc(-c4ccccc4)c3F)c2=O)O[C@@H]1COP(=O)(O)OP(=O)(O)OP(=O)(O)O. The van der Waals surface area contributed by atoms with Gasteiger partial charge >= 0.3 is 29.2 Å². The Bertz CT molecular complexity index is 1750. The highest BCUT2D eigenvalue weighted by atomic mass is 31.3. The third kappa shape index (κ3) is 8.08. The molecule has 234 valence electrons. The van der Waals surface area contributed by atoms with E-state index in [4.69, 9.17) is 14.5 Å². The molecule has 1 aliphatic rings. The number of hydrogen-bond donors (Lipinski definition) is 5. The molecule has 1 aromatic carbocycles. The van der Waals surface area contributed by atoms with Gasteiger partial charge in [0.2, 0.25) is 0 Å². The summed E-state index contributed by atoms with van der Waals surface area (Å²) in [5.74, 6) is -1.67. The van der Waals surface area contributed by atoms with Crippen molar-refractivity contribution in [3.8, 4) is 11.1 Å². The van der Waals surface area contributed by atoms with Crippen LogP contribution in [-0.2, 0) is 38.1 Å². The van der Waals surface area contributed by atoms with Crippen LogP contribution in [0.5, 0.6) is 0 Å². The maximum Gasteiger partial charge on any atom is 0.490 e. The average Bonchev–Trinajstić information content (AvgIpc) is 3.18. The minimum atomic E-state index is -5.76. The lowest BCUT2D eigenvalue weighted by molar-refractivity contribution is -0.0534. The third-order valence-electron chi connectivity index (χ3n) is 6.27. The third-order valence-corrected chi connectivity index (χ3v) is 10.1. The Morgan fingerprint density at radius 1 is 1.00 bits per heavy atom. The first kappa shape index (κ1) is 33.2. The van der Waals surface area contributed by atoms with Crippen molar-refractivity contribution >= 4 is 23.5 Å². The Hall–Kier alpha value is -2.69. The number of benzene rings is 1. The second-order valence-electron chi connectivity index (χ2n) is 9.22. The average molecular weight is 667 g/mol. The van der Waals surface area contributed by atoms with Gasteiger partial charge in [0.15, 0.2) is 12.0 Å². The summed E-state index contributed by atoms with van der Waals surface area (Å²) < 4.78 is 68.7. The molecule has 1 saturated heterocycles. The predicted octanol–water partition coefficient (Wildman–Crippen LogP) is 1.50. The minimum Gasteiger partial charge on any atom is -0.388 e. The van der Waals surface area contributed by atoms with Gasteiger partial charge in [-0.05, 0) is 11.6 Å². The summed E-state index contributed by atoms with van der Waals surface area (Å²) in [5.41, 5.74) is -1.30. The molecule has 3 aromatic rings. The number of ether oxygens (including phenoxy) is 1. The molecular weight excluding hydrogens is 642 g/mol. The number of aromatic nitrogens is 3. The molecule has 0 saturated carbocycles. The summed E-state index contributed by atoms with van der Waals surface area (Å²) in [5, 5.41) is 10.8. The summed E-state index contributed by atoms with van der Waals surface area (Å²) in [7, 11) is -16.8. The monoisotopic (exact) mass is 667 g/mol. The molecule has 0 bridgehead atoms. The molecule has 6 atom stereocenters. The van der Waals surface area contributed by atoms with E-state index in [-0.39, 0.29) is 11.3 Å². The van der Waals surface area contributed by atoms with Gasteiger partial charge < -0.3 is 29.4 Å². The van der Waals surface area contributed by atoms with E-state index < -0.39 is 78.0 Å². The maximum absolute atomic E-state index is 15.3. The lowest BCUT2D eigenvalue weighted by Crippen LogP contribution is -2.43. The quantitative estimate of drug-likeness (QED) is 0.182. The first-order valence-electron chi connectivity index (χ1n) is 12.1. The summed E-state index contributed by atoms with van der Waals surface area (Å²) in [6.07, 6.45) is -1.84. The molecule has 3 heterocycles. The Balaban J connectivity index is 1.53.